The lowest BCUT2D eigenvalue weighted by atomic mass is 9.99. The largest absolute Gasteiger partial charge is 0.452 e. The lowest BCUT2D eigenvalue weighted by Gasteiger charge is -2.35. The molecule has 4 nitrogen and oxygen atoms in total. The van der Waals surface area contributed by atoms with E-state index in [4.69, 9.17) is 4.74 Å². The lowest BCUT2D eigenvalue weighted by molar-refractivity contribution is 0.483. The summed E-state index contributed by atoms with van der Waals surface area (Å²) >= 11 is 0. The third-order valence-corrected chi connectivity index (χ3v) is 5.90. The van der Waals surface area contributed by atoms with Crippen molar-refractivity contribution in [2.75, 3.05) is 4.90 Å². The summed E-state index contributed by atoms with van der Waals surface area (Å²) in [7, 11) is 0. The Morgan fingerprint density at radius 3 is 1.94 bits per heavy atom. The van der Waals surface area contributed by atoms with E-state index < -0.39 is 0 Å². The molecule has 0 saturated heterocycles. The Morgan fingerprint density at radius 1 is 0.594 bits per heavy atom. The van der Waals surface area contributed by atoms with E-state index in [2.05, 4.69) is 12.1 Å². The molecule has 0 spiro atoms. The van der Waals surface area contributed by atoms with Crippen LogP contribution in [0.2, 0.25) is 0 Å². The van der Waals surface area contributed by atoms with Crippen LogP contribution in [0.25, 0.3) is 21.5 Å². The predicted molar refractivity (Wildman–Crippen MR) is 126 cm³/mol. The highest BCUT2D eigenvalue weighted by Crippen LogP contribution is 2.56. The third-order valence-electron chi connectivity index (χ3n) is 5.90. The van der Waals surface area contributed by atoms with Gasteiger partial charge in [0.2, 0.25) is 0 Å². The van der Waals surface area contributed by atoms with Crippen molar-refractivity contribution in [1.29, 1.82) is 10.5 Å². The van der Waals surface area contributed by atoms with Gasteiger partial charge in [-0.15, -0.1) is 0 Å². The van der Waals surface area contributed by atoms with Gasteiger partial charge in [-0.05, 0) is 35.0 Å². The van der Waals surface area contributed by atoms with E-state index in [1.807, 2.05) is 77.7 Å². The van der Waals surface area contributed by atoms with Crippen LogP contribution in [0.15, 0.2) is 91.0 Å². The SMILES string of the molecule is N#Cc1cccc(C#N)c1N1c2ccc3ccccc3c2Oc2ccc3ccccc3c21. The van der Waals surface area contributed by atoms with Gasteiger partial charge in [-0.3, -0.25) is 0 Å². The molecule has 0 unspecified atom stereocenters. The Morgan fingerprint density at radius 2 is 1.22 bits per heavy atom. The van der Waals surface area contributed by atoms with Crippen molar-refractivity contribution >= 4 is 38.6 Å². The zero-order chi connectivity index (χ0) is 21.7. The number of anilines is 3. The van der Waals surface area contributed by atoms with Gasteiger partial charge < -0.3 is 9.64 Å². The highest BCUT2D eigenvalue weighted by Gasteiger charge is 2.31. The first-order valence-electron chi connectivity index (χ1n) is 10.2. The van der Waals surface area contributed by atoms with Crippen molar-refractivity contribution in [2.45, 2.75) is 0 Å². The van der Waals surface area contributed by atoms with E-state index in [1.54, 1.807) is 18.2 Å². The van der Waals surface area contributed by atoms with Crippen molar-refractivity contribution in [3.05, 3.63) is 102 Å². The third kappa shape index (κ3) is 2.48. The van der Waals surface area contributed by atoms with E-state index >= 15 is 0 Å². The molecule has 0 aromatic heterocycles. The van der Waals surface area contributed by atoms with Gasteiger partial charge in [0.15, 0.2) is 11.5 Å². The van der Waals surface area contributed by atoms with Crippen LogP contribution < -0.4 is 9.64 Å². The molecule has 5 aromatic carbocycles. The Labute approximate surface area is 184 Å². The van der Waals surface area contributed by atoms with Crippen LogP contribution in [-0.4, -0.2) is 0 Å². The summed E-state index contributed by atoms with van der Waals surface area (Å²) in [5.74, 6) is 1.40. The first-order valence-corrected chi connectivity index (χ1v) is 10.2. The van der Waals surface area contributed by atoms with Crippen LogP contribution in [0.4, 0.5) is 17.1 Å². The molecule has 0 aliphatic carbocycles. The number of hydrogen-bond donors (Lipinski definition) is 0. The van der Waals surface area contributed by atoms with Crippen LogP contribution >= 0.6 is 0 Å². The lowest BCUT2D eigenvalue weighted by Crippen LogP contribution is -2.18. The summed E-state index contributed by atoms with van der Waals surface area (Å²) in [6.45, 7) is 0. The fraction of sp³-hybridized carbons (Fsp3) is 0. The molecule has 0 atom stereocenters. The molecule has 6 rings (SSSR count). The van der Waals surface area contributed by atoms with Crippen LogP contribution in [0.5, 0.6) is 11.5 Å². The van der Waals surface area contributed by atoms with E-state index in [0.717, 1.165) is 32.9 Å². The van der Waals surface area contributed by atoms with Gasteiger partial charge >= 0.3 is 0 Å². The Bertz CT molecular complexity index is 1610. The minimum absolute atomic E-state index is 0.434. The summed E-state index contributed by atoms with van der Waals surface area (Å²) in [6.07, 6.45) is 0. The second-order valence-electron chi connectivity index (χ2n) is 7.63. The zero-order valence-electron chi connectivity index (χ0n) is 16.9. The summed E-state index contributed by atoms with van der Waals surface area (Å²) in [5.41, 5.74) is 3.06. The van der Waals surface area contributed by atoms with E-state index in [1.165, 1.54) is 0 Å². The monoisotopic (exact) mass is 409 g/mol. The van der Waals surface area contributed by atoms with Gasteiger partial charge in [0.05, 0.1) is 28.2 Å². The molecule has 0 saturated carbocycles. The average molecular weight is 409 g/mol. The van der Waals surface area contributed by atoms with Crippen molar-refractivity contribution in [3.8, 4) is 23.6 Å². The van der Waals surface area contributed by atoms with Crippen molar-refractivity contribution in [2.24, 2.45) is 0 Å². The molecule has 1 aliphatic rings. The summed E-state index contributed by atoms with van der Waals surface area (Å²) in [5, 5.41) is 23.9. The number of para-hydroxylation sites is 1. The number of nitrogens with zero attached hydrogens (tertiary/aromatic N) is 3. The maximum Gasteiger partial charge on any atom is 0.159 e. The molecule has 0 fully saturated rings. The molecule has 32 heavy (non-hydrogen) atoms. The summed E-state index contributed by atoms with van der Waals surface area (Å²) in [4.78, 5) is 2.01. The van der Waals surface area contributed by atoms with Crippen LogP contribution in [0.1, 0.15) is 11.1 Å². The molecule has 0 N–H and O–H groups in total. The smallest absolute Gasteiger partial charge is 0.159 e. The molecule has 0 bridgehead atoms. The molecule has 148 valence electrons. The van der Waals surface area contributed by atoms with Crippen molar-refractivity contribution in [1.82, 2.24) is 0 Å². The van der Waals surface area contributed by atoms with Crippen LogP contribution in [0, 0.1) is 22.7 Å². The first-order chi connectivity index (χ1) is 15.8. The number of fused-ring (bicyclic) bond motifs is 6. The minimum atomic E-state index is 0.434. The second kappa shape index (κ2) is 6.87. The number of ether oxygens (including phenoxy) is 1. The highest BCUT2D eigenvalue weighted by atomic mass is 16.5. The molecule has 1 aliphatic heterocycles. The quantitative estimate of drug-likeness (QED) is 0.286. The second-order valence-corrected chi connectivity index (χ2v) is 7.63. The molecule has 5 aromatic rings. The summed E-state index contributed by atoms with van der Waals surface area (Å²) < 4.78 is 6.49. The molecular weight excluding hydrogens is 394 g/mol. The standard InChI is InChI=1S/C28H15N3O/c29-16-20-8-5-9-21(17-30)26(20)31-24-14-12-19-7-2-4-11-23(19)28(24)32-25-15-13-18-6-1-3-10-22(18)27(25)31/h1-15H. The molecule has 1 heterocycles. The van der Waals surface area contributed by atoms with Gasteiger partial charge in [0, 0.05) is 10.8 Å². The Hall–Kier alpha value is -4.80. The predicted octanol–water partition coefficient (Wildman–Crippen LogP) is 7.31. The fourth-order valence-corrected chi connectivity index (χ4v) is 4.49. The van der Waals surface area contributed by atoms with Gasteiger partial charge in [0.25, 0.3) is 0 Å². The first kappa shape index (κ1) is 18.0. The minimum Gasteiger partial charge on any atom is -0.452 e. The van der Waals surface area contributed by atoms with E-state index in [9.17, 15) is 10.5 Å². The number of nitriles is 2. The topological polar surface area (TPSA) is 60.0 Å². The maximum atomic E-state index is 9.93. The fourth-order valence-electron chi connectivity index (χ4n) is 4.49. The summed E-state index contributed by atoms with van der Waals surface area (Å²) in [6, 6.07) is 33.9. The van der Waals surface area contributed by atoms with Crippen molar-refractivity contribution < 1.29 is 4.74 Å². The Kier molecular flexibility index (Phi) is 3.87. The van der Waals surface area contributed by atoms with Gasteiger partial charge in [-0.25, -0.2) is 0 Å². The Balaban J connectivity index is 1.79. The number of benzene rings is 5. The zero-order valence-corrected chi connectivity index (χ0v) is 16.9. The normalized spacial score (nSPS) is 11.9. The van der Waals surface area contributed by atoms with E-state index in [-0.39, 0.29) is 0 Å². The maximum absolute atomic E-state index is 9.93. The molecule has 0 amide bonds. The van der Waals surface area contributed by atoms with E-state index in [0.29, 0.717) is 28.3 Å². The highest BCUT2D eigenvalue weighted by molar-refractivity contribution is 6.08. The average Bonchev–Trinajstić information content (AvgIpc) is 2.86. The van der Waals surface area contributed by atoms with Crippen LogP contribution in [0.3, 0.4) is 0 Å². The van der Waals surface area contributed by atoms with Crippen molar-refractivity contribution in [3.63, 3.8) is 0 Å². The molecule has 4 heteroatoms. The van der Waals surface area contributed by atoms with Gasteiger partial charge in [-0.1, -0.05) is 66.7 Å². The molecule has 0 radical (unpaired) electrons. The number of hydrogen-bond acceptors (Lipinski definition) is 4. The van der Waals surface area contributed by atoms with Crippen LogP contribution in [-0.2, 0) is 0 Å². The van der Waals surface area contributed by atoms with Gasteiger partial charge in [0.1, 0.15) is 12.1 Å². The van der Waals surface area contributed by atoms with Gasteiger partial charge in [-0.2, -0.15) is 10.5 Å². The molecular formula is C28H15N3O. The number of rotatable bonds is 1.